The third kappa shape index (κ3) is 4.11. The van der Waals surface area contributed by atoms with E-state index in [-0.39, 0.29) is 5.91 Å². The summed E-state index contributed by atoms with van der Waals surface area (Å²) in [7, 11) is 0. The summed E-state index contributed by atoms with van der Waals surface area (Å²) in [6.45, 7) is 5.76. The Balaban J connectivity index is 1.80. The SMILES string of the molecule is Cc1ccc(Cl)cc1NC(=O)c1ccccc1SCc1c(C)noc1C. The van der Waals surface area contributed by atoms with Gasteiger partial charge in [0.2, 0.25) is 0 Å². The third-order valence-electron chi connectivity index (χ3n) is 4.13. The maximum atomic E-state index is 12.8. The molecular formula is C20H19ClN2O2S. The Hall–Kier alpha value is -2.24. The molecule has 0 spiro atoms. The van der Waals surface area contributed by atoms with Crippen LogP contribution in [0.15, 0.2) is 51.9 Å². The van der Waals surface area contributed by atoms with Crippen LogP contribution in [0.1, 0.15) is 32.9 Å². The van der Waals surface area contributed by atoms with E-state index in [4.69, 9.17) is 16.1 Å². The standard InChI is InChI=1S/C20H19ClN2O2S/c1-12-8-9-15(21)10-18(12)22-20(24)16-6-4-5-7-19(16)26-11-17-13(2)23-25-14(17)3/h4-10H,11H2,1-3H3,(H,22,24). The van der Waals surface area contributed by atoms with E-state index in [9.17, 15) is 4.79 Å². The molecule has 0 aliphatic carbocycles. The van der Waals surface area contributed by atoms with Gasteiger partial charge in [0.05, 0.1) is 11.3 Å². The number of hydrogen-bond donors (Lipinski definition) is 1. The van der Waals surface area contributed by atoms with Gasteiger partial charge in [-0.05, 0) is 50.6 Å². The Morgan fingerprint density at radius 1 is 1.19 bits per heavy atom. The summed E-state index contributed by atoms with van der Waals surface area (Å²) in [5.74, 6) is 1.35. The van der Waals surface area contributed by atoms with Crippen molar-refractivity contribution in [3.63, 3.8) is 0 Å². The van der Waals surface area contributed by atoms with Crippen LogP contribution in [-0.2, 0) is 5.75 Å². The lowest BCUT2D eigenvalue weighted by atomic mass is 10.1. The number of rotatable bonds is 5. The largest absolute Gasteiger partial charge is 0.361 e. The first-order valence-corrected chi connectivity index (χ1v) is 9.53. The van der Waals surface area contributed by atoms with Gasteiger partial charge in [-0.15, -0.1) is 11.8 Å². The van der Waals surface area contributed by atoms with Crippen LogP contribution in [-0.4, -0.2) is 11.1 Å². The molecule has 0 atom stereocenters. The number of aryl methyl sites for hydroxylation is 3. The lowest BCUT2D eigenvalue weighted by Gasteiger charge is -2.12. The quantitative estimate of drug-likeness (QED) is 0.563. The molecular weight excluding hydrogens is 368 g/mol. The van der Waals surface area contributed by atoms with Crippen LogP contribution in [0, 0.1) is 20.8 Å². The number of hydrogen-bond acceptors (Lipinski definition) is 4. The molecule has 0 fully saturated rings. The number of thioether (sulfide) groups is 1. The van der Waals surface area contributed by atoms with Gasteiger partial charge in [0.1, 0.15) is 5.76 Å². The highest BCUT2D eigenvalue weighted by atomic mass is 35.5. The van der Waals surface area contributed by atoms with Crippen molar-refractivity contribution in [2.45, 2.75) is 31.4 Å². The van der Waals surface area contributed by atoms with Crippen molar-refractivity contribution in [1.29, 1.82) is 0 Å². The average molecular weight is 387 g/mol. The normalized spacial score (nSPS) is 10.8. The highest BCUT2D eigenvalue weighted by Crippen LogP contribution is 2.29. The fraction of sp³-hybridized carbons (Fsp3) is 0.200. The zero-order chi connectivity index (χ0) is 18.7. The molecule has 1 amide bonds. The van der Waals surface area contributed by atoms with Crippen LogP contribution >= 0.6 is 23.4 Å². The number of carbonyl (C=O) groups excluding carboxylic acids is 1. The van der Waals surface area contributed by atoms with Crippen molar-refractivity contribution in [3.8, 4) is 0 Å². The van der Waals surface area contributed by atoms with Crippen molar-refractivity contribution in [3.05, 3.63) is 75.6 Å². The summed E-state index contributed by atoms with van der Waals surface area (Å²) in [6, 6.07) is 13.0. The van der Waals surface area contributed by atoms with Gasteiger partial charge in [0.15, 0.2) is 0 Å². The molecule has 1 heterocycles. The van der Waals surface area contributed by atoms with Gasteiger partial charge in [-0.1, -0.05) is 35.0 Å². The lowest BCUT2D eigenvalue weighted by molar-refractivity contribution is 0.102. The van der Waals surface area contributed by atoms with Gasteiger partial charge < -0.3 is 9.84 Å². The number of amides is 1. The lowest BCUT2D eigenvalue weighted by Crippen LogP contribution is -2.13. The van der Waals surface area contributed by atoms with E-state index >= 15 is 0 Å². The van der Waals surface area contributed by atoms with E-state index < -0.39 is 0 Å². The monoisotopic (exact) mass is 386 g/mol. The number of nitrogens with zero attached hydrogens (tertiary/aromatic N) is 1. The van der Waals surface area contributed by atoms with E-state index in [2.05, 4.69) is 10.5 Å². The van der Waals surface area contributed by atoms with Gasteiger partial charge in [0.25, 0.3) is 5.91 Å². The molecule has 0 saturated carbocycles. The first-order valence-electron chi connectivity index (χ1n) is 8.17. The van der Waals surface area contributed by atoms with Crippen LogP contribution in [0.4, 0.5) is 5.69 Å². The van der Waals surface area contributed by atoms with Gasteiger partial charge >= 0.3 is 0 Å². The minimum Gasteiger partial charge on any atom is -0.361 e. The minimum atomic E-state index is -0.155. The van der Waals surface area contributed by atoms with E-state index in [1.807, 2.05) is 51.1 Å². The Kier molecular flexibility index (Phi) is 5.69. The molecule has 134 valence electrons. The molecule has 3 aromatic rings. The van der Waals surface area contributed by atoms with Gasteiger partial charge in [-0.3, -0.25) is 4.79 Å². The maximum absolute atomic E-state index is 12.8. The van der Waals surface area contributed by atoms with Crippen molar-refractivity contribution in [1.82, 2.24) is 5.16 Å². The highest BCUT2D eigenvalue weighted by Gasteiger charge is 2.15. The van der Waals surface area contributed by atoms with E-state index in [1.165, 1.54) is 0 Å². The fourth-order valence-corrected chi connectivity index (χ4v) is 3.93. The summed E-state index contributed by atoms with van der Waals surface area (Å²) in [5.41, 5.74) is 4.25. The Bertz CT molecular complexity index is 933. The second kappa shape index (κ2) is 7.98. The summed E-state index contributed by atoms with van der Waals surface area (Å²) in [5, 5.41) is 7.53. The molecule has 0 saturated heterocycles. The maximum Gasteiger partial charge on any atom is 0.256 e. The number of nitrogens with one attached hydrogen (secondary N) is 1. The summed E-state index contributed by atoms with van der Waals surface area (Å²) >= 11 is 7.64. The van der Waals surface area contributed by atoms with Crippen molar-refractivity contribution in [2.24, 2.45) is 0 Å². The molecule has 3 rings (SSSR count). The molecule has 0 radical (unpaired) electrons. The Labute approximate surface area is 161 Å². The molecule has 0 unspecified atom stereocenters. The smallest absolute Gasteiger partial charge is 0.256 e. The number of carbonyl (C=O) groups is 1. The zero-order valence-electron chi connectivity index (χ0n) is 14.8. The Morgan fingerprint density at radius 3 is 2.69 bits per heavy atom. The van der Waals surface area contributed by atoms with Crippen molar-refractivity contribution in [2.75, 3.05) is 5.32 Å². The molecule has 1 N–H and O–H groups in total. The summed E-state index contributed by atoms with van der Waals surface area (Å²) in [4.78, 5) is 13.7. The van der Waals surface area contributed by atoms with Gasteiger partial charge in [0, 0.05) is 26.9 Å². The molecule has 0 bridgehead atoms. The van der Waals surface area contributed by atoms with Crippen LogP contribution < -0.4 is 5.32 Å². The molecule has 4 nitrogen and oxygen atoms in total. The van der Waals surface area contributed by atoms with E-state index in [1.54, 1.807) is 23.9 Å². The van der Waals surface area contributed by atoms with Crippen molar-refractivity contribution < 1.29 is 9.32 Å². The summed E-state index contributed by atoms with van der Waals surface area (Å²) in [6.07, 6.45) is 0. The van der Waals surface area contributed by atoms with Crippen molar-refractivity contribution >= 4 is 35.0 Å². The molecule has 2 aromatic carbocycles. The second-order valence-corrected chi connectivity index (χ2v) is 7.45. The third-order valence-corrected chi connectivity index (χ3v) is 5.47. The van der Waals surface area contributed by atoms with Crippen LogP contribution in [0.3, 0.4) is 0 Å². The highest BCUT2D eigenvalue weighted by molar-refractivity contribution is 7.98. The van der Waals surface area contributed by atoms with Crippen LogP contribution in [0.5, 0.6) is 0 Å². The number of aromatic nitrogens is 1. The molecule has 1 aromatic heterocycles. The van der Waals surface area contributed by atoms with E-state index in [0.717, 1.165) is 27.5 Å². The van der Waals surface area contributed by atoms with Crippen LogP contribution in [0.25, 0.3) is 0 Å². The van der Waals surface area contributed by atoms with E-state index in [0.29, 0.717) is 22.0 Å². The average Bonchev–Trinajstić information content (AvgIpc) is 2.94. The van der Waals surface area contributed by atoms with Gasteiger partial charge in [-0.25, -0.2) is 0 Å². The summed E-state index contributed by atoms with van der Waals surface area (Å²) < 4.78 is 5.21. The predicted molar refractivity (Wildman–Crippen MR) is 106 cm³/mol. The van der Waals surface area contributed by atoms with Crippen LogP contribution in [0.2, 0.25) is 5.02 Å². The Morgan fingerprint density at radius 2 is 1.96 bits per heavy atom. The topological polar surface area (TPSA) is 55.1 Å². The molecule has 0 aliphatic heterocycles. The molecule has 6 heteroatoms. The molecule has 26 heavy (non-hydrogen) atoms. The predicted octanol–water partition coefficient (Wildman–Crippen LogP) is 5.80. The zero-order valence-corrected chi connectivity index (χ0v) is 16.4. The molecule has 0 aliphatic rings. The number of anilines is 1. The fourth-order valence-electron chi connectivity index (χ4n) is 2.56. The first kappa shape index (κ1) is 18.5. The number of halogens is 1. The van der Waals surface area contributed by atoms with Gasteiger partial charge in [-0.2, -0.15) is 0 Å². The second-order valence-electron chi connectivity index (χ2n) is 6.00. The first-order chi connectivity index (χ1) is 12.5. The minimum absolute atomic E-state index is 0.155. The number of benzene rings is 2.